The molecule has 7 aromatic carbocycles. The van der Waals surface area contributed by atoms with E-state index in [1.807, 2.05) is 24.3 Å². The van der Waals surface area contributed by atoms with Gasteiger partial charge in [0.2, 0.25) is 0 Å². The maximum absolute atomic E-state index is 8.23. The first-order chi connectivity index (χ1) is 26.0. The van der Waals surface area contributed by atoms with E-state index in [9.17, 15) is 0 Å². The third-order valence-corrected chi connectivity index (χ3v) is 11.0. The molecule has 0 amide bonds. The van der Waals surface area contributed by atoms with E-state index in [4.69, 9.17) is 8.53 Å². The second-order valence-electron chi connectivity index (χ2n) is 13.5. The van der Waals surface area contributed by atoms with E-state index in [-0.39, 0.29) is 6.71 Å². The van der Waals surface area contributed by atoms with Crippen LogP contribution in [0.3, 0.4) is 0 Å². The molecule has 50 heavy (non-hydrogen) atoms. The van der Waals surface area contributed by atoms with Gasteiger partial charge < -0.3 is 18.5 Å². The van der Waals surface area contributed by atoms with Crippen molar-refractivity contribution in [2.24, 2.45) is 0 Å². The summed E-state index contributed by atoms with van der Waals surface area (Å²) in [5.74, 6) is 0. The van der Waals surface area contributed by atoms with Crippen molar-refractivity contribution in [3.63, 3.8) is 0 Å². The van der Waals surface area contributed by atoms with Gasteiger partial charge >= 0.3 is 0 Å². The second-order valence-corrected chi connectivity index (χ2v) is 13.5. The van der Waals surface area contributed by atoms with E-state index in [0.29, 0.717) is 11.1 Å². The summed E-state index contributed by atoms with van der Waals surface area (Å²) in [4.78, 5) is 2.27. The van der Waals surface area contributed by atoms with Gasteiger partial charge in [-0.25, -0.2) is 0 Å². The highest BCUT2D eigenvalue weighted by molar-refractivity contribution is 7.00. The fourth-order valence-electron chi connectivity index (χ4n) is 9.04. The van der Waals surface area contributed by atoms with Crippen LogP contribution in [0.1, 0.15) is 9.68 Å². The largest absolute Gasteiger partial charge is 0.468 e. The lowest BCUT2D eigenvalue weighted by molar-refractivity contribution is 0.651. The third kappa shape index (κ3) is 3.22. The Hall–Kier alpha value is -6.46. The van der Waals surface area contributed by atoms with Crippen molar-refractivity contribution in [2.75, 3.05) is 4.90 Å². The van der Waals surface area contributed by atoms with Crippen LogP contribution in [0.25, 0.3) is 66.0 Å². The number of para-hydroxylation sites is 4. The first-order valence-corrected chi connectivity index (χ1v) is 17.1. The van der Waals surface area contributed by atoms with Gasteiger partial charge in [-0.3, -0.25) is 0 Å². The summed E-state index contributed by atoms with van der Waals surface area (Å²) in [5, 5.41) is 5.63. The lowest BCUT2D eigenvalue weighted by Crippen LogP contribution is -2.59. The molecule has 0 radical (unpaired) electrons. The number of furan rings is 1. The molecule has 3 aromatic heterocycles. The van der Waals surface area contributed by atoms with Crippen LogP contribution in [0, 0.1) is 6.85 Å². The summed E-state index contributed by atoms with van der Waals surface area (Å²) in [5.41, 5.74) is 14.0. The van der Waals surface area contributed by atoms with Gasteiger partial charge in [0.15, 0.2) is 0 Å². The van der Waals surface area contributed by atoms with Crippen molar-refractivity contribution in [3.05, 3.63) is 157 Å². The monoisotopic (exact) mass is 640 g/mol. The summed E-state index contributed by atoms with van der Waals surface area (Å²) >= 11 is 0. The zero-order valence-corrected chi connectivity index (χ0v) is 26.8. The first kappa shape index (κ1) is 23.8. The minimum Gasteiger partial charge on any atom is -0.468 e. The Morgan fingerprint density at radius 2 is 1.26 bits per heavy atom. The van der Waals surface area contributed by atoms with Gasteiger partial charge in [0.05, 0.1) is 27.9 Å². The maximum atomic E-state index is 8.23. The van der Waals surface area contributed by atoms with Gasteiger partial charge in [0, 0.05) is 59.3 Å². The van der Waals surface area contributed by atoms with Crippen LogP contribution in [0.15, 0.2) is 156 Å². The molecule has 0 saturated carbocycles. The molecular weight excluding hydrogens is 609 g/mol. The van der Waals surface area contributed by atoms with Gasteiger partial charge in [-0.1, -0.05) is 90.5 Å². The number of hydrogen-bond donors (Lipinski definition) is 0. The number of benzene rings is 7. The van der Waals surface area contributed by atoms with Gasteiger partial charge in [-0.05, 0) is 84.5 Å². The van der Waals surface area contributed by atoms with Crippen LogP contribution in [0.2, 0.25) is 0 Å². The minimum atomic E-state index is -2.25. The van der Waals surface area contributed by atoms with Crippen molar-refractivity contribution < 1.29 is 8.53 Å². The normalized spacial score (nSPS) is 14.4. The smallest absolute Gasteiger partial charge is 0.297 e. The zero-order chi connectivity index (χ0) is 35.2. The van der Waals surface area contributed by atoms with Gasteiger partial charge in [-0.15, -0.1) is 0 Å². The molecule has 5 heteroatoms. The molecule has 10 aromatic rings. The Bertz CT molecular complexity index is 3180. The third-order valence-electron chi connectivity index (χ3n) is 11.0. The van der Waals surface area contributed by atoms with Crippen molar-refractivity contribution in [2.45, 2.75) is 6.85 Å². The lowest BCUT2D eigenvalue weighted by Gasteiger charge is -2.37. The van der Waals surface area contributed by atoms with Gasteiger partial charge in [-0.2, -0.15) is 0 Å². The summed E-state index contributed by atoms with van der Waals surface area (Å²) in [6, 6.07) is 52.9. The first-order valence-electron chi connectivity index (χ1n) is 18.6. The molecule has 12 rings (SSSR count). The zero-order valence-electron chi connectivity index (χ0n) is 29.8. The van der Waals surface area contributed by atoms with E-state index in [0.717, 1.165) is 50.5 Å². The molecule has 0 aliphatic carbocycles. The highest BCUT2D eigenvalue weighted by Crippen LogP contribution is 2.45. The van der Waals surface area contributed by atoms with Gasteiger partial charge in [0.25, 0.3) is 6.71 Å². The highest BCUT2D eigenvalue weighted by atomic mass is 16.3. The molecule has 0 saturated heterocycles. The van der Waals surface area contributed by atoms with Crippen LogP contribution < -0.4 is 21.5 Å². The summed E-state index contributed by atoms with van der Waals surface area (Å²) in [7, 11) is 0. The second kappa shape index (κ2) is 9.37. The van der Waals surface area contributed by atoms with Crippen LogP contribution in [-0.2, 0) is 0 Å². The van der Waals surface area contributed by atoms with Crippen LogP contribution in [-0.4, -0.2) is 15.8 Å². The number of nitrogens with zero attached hydrogens (tertiary/aromatic N) is 3. The molecule has 0 N–H and O–H groups in total. The number of anilines is 3. The topological polar surface area (TPSA) is 26.2 Å². The average Bonchev–Trinajstić information content (AvgIpc) is 3.84. The minimum absolute atomic E-state index is 0.200. The Balaban J connectivity index is 1.23. The molecule has 5 heterocycles. The molecule has 2 aliphatic rings. The molecular formula is C45H28BN3O. The fraction of sp³-hybridized carbons (Fsp3) is 0.0222. The molecule has 0 atom stereocenters. The molecule has 0 unspecified atom stereocenters. The van der Waals surface area contributed by atoms with E-state index in [1.54, 1.807) is 12.1 Å². The molecule has 0 spiro atoms. The molecule has 0 fully saturated rings. The SMILES string of the molecule is [2H]C([2H])([2H])c1ccc2oc3c(c2c1)N(c1ccccc1)c1cccc2c1B3c1cccc3c4cc5c6ccccc6n(-c6ccccc6)c5cc4n-2c13. The Kier molecular flexibility index (Phi) is 4.46. The van der Waals surface area contributed by atoms with Crippen molar-refractivity contribution in [1.29, 1.82) is 0 Å². The number of hydrogen-bond acceptors (Lipinski definition) is 2. The molecule has 0 bridgehead atoms. The van der Waals surface area contributed by atoms with Crippen LogP contribution >= 0.6 is 0 Å². The van der Waals surface area contributed by atoms with E-state index >= 15 is 0 Å². The lowest BCUT2D eigenvalue weighted by atomic mass is 9.36. The molecule has 4 nitrogen and oxygen atoms in total. The van der Waals surface area contributed by atoms with E-state index in [2.05, 4.69) is 129 Å². The number of rotatable bonds is 2. The number of fused-ring (bicyclic) bond motifs is 12. The standard InChI is InChI=1S/C45H28BN3O/c1-27-22-23-41-34(24-27)44-45(50-41)46-35-18-10-17-31-33-25-32-30-16-8-9-19-36(30)47(28-12-4-2-5-13-28)39(32)26-40(33)49(43(31)35)38-21-11-20-37(42(38)46)48(44)29-14-6-3-7-15-29/h2-26H,1H3/i1D3. The quantitative estimate of drug-likeness (QED) is 0.176. The average molecular weight is 641 g/mol. The van der Waals surface area contributed by atoms with Gasteiger partial charge in [0.1, 0.15) is 5.58 Å². The van der Waals surface area contributed by atoms with Crippen molar-refractivity contribution in [3.8, 4) is 11.4 Å². The Morgan fingerprint density at radius 1 is 0.540 bits per heavy atom. The van der Waals surface area contributed by atoms with Crippen LogP contribution in [0.5, 0.6) is 0 Å². The van der Waals surface area contributed by atoms with E-state index in [1.165, 1.54) is 43.5 Å². The predicted octanol–water partition coefficient (Wildman–Crippen LogP) is 9.55. The Labute approximate surface area is 292 Å². The van der Waals surface area contributed by atoms with Crippen molar-refractivity contribution >= 4 is 94.9 Å². The predicted molar refractivity (Wildman–Crippen MR) is 209 cm³/mol. The summed E-state index contributed by atoms with van der Waals surface area (Å²) < 4.78 is 36.4. The number of aryl methyl sites for hydroxylation is 1. The van der Waals surface area contributed by atoms with Crippen LogP contribution in [0.4, 0.5) is 17.1 Å². The molecule has 2 aliphatic heterocycles. The summed E-state index contributed by atoms with van der Waals surface area (Å²) in [6.45, 7) is -2.45. The highest BCUT2D eigenvalue weighted by Gasteiger charge is 2.45. The maximum Gasteiger partial charge on any atom is 0.297 e. The Morgan fingerprint density at radius 3 is 2.12 bits per heavy atom. The van der Waals surface area contributed by atoms with Crippen molar-refractivity contribution in [1.82, 2.24) is 9.13 Å². The molecule has 232 valence electrons. The number of aromatic nitrogens is 2. The summed E-state index contributed by atoms with van der Waals surface area (Å²) in [6.07, 6.45) is 0. The van der Waals surface area contributed by atoms with E-state index < -0.39 is 6.85 Å². The fourth-order valence-corrected chi connectivity index (χ4v) is 9.04.